The highest BCUT2D eigenvalue weighted by molar-refractivity contribution is 7.17. The third-order valence-electron chi connectivity index (χ3n) is 2.82. The number of carboxylic acid groups (broad SMARTS) is 1. The zero-order valence-electron chi connectivity index (χ0n) is 8.97. The van der Waals surface area contributed by atoms with Crippen molar-refractivity contribution in [3.63, 3.8) is 0 Å². The van der Waals surface area contributed by atoms with Gasteiger partial charge in [-0.15, -0.1) is 11.3 Å². The molecule has 1 aromatic heterocycles. The van der Waals surface area contributed by atoms with Crippen LogP contribution in [0.4, 0.5) is 0 Å². The zero-order chi connectivity index (χ0) is 11.8. The van der Waals surface area contributed by atoms with Crippen LogP contribution >= 0.6 is 11.3 Å². The van der Waals surface area contributed by atoms with Gasteiger partial charge in [0, 0.05) is 4.88 Å². The van der Waals surface area contributed by atoms with Crippen LogP contribution in [0.1, 0.15) is 20.8 Å². The Balaban J connectivity index is 2.00. The van der Waals surface area contributed by atoms with Crippen molar-refractivity contribution in [2.45, 2.75) is 13.2 Å². The van der Waals surface area contributed by atoms with Crippen molar-refractivity contribution in [3.05, 3.63) is 46.3 Å². The van der Waals surface area contributed by atoms with E-state index in [-0.39, 0.29) is 0 Å². The van der Waals surface area contributed by atoms with Gasteiger partial charge in [0.25, 0.3) is 0 Å². The number of fused-ring (bicyclic) bond motifs is 1. The Morgan fingerprint density at radius 2 is 2.00 bits per heavy atom. The summed E-state index contributed by atoms with van der Waals surface area (Å²) in [4.78, 5) is 12.2. The van der Waals surface area contributed by atoms with E-state index < -0.39 is 5.97 Å². The molecule has 1 N–H and O–H groups in total. The molecule has 3 nitrogen and oxygen atoms in total. The Morgan fingerprint density at radius 3 is 2.76 bits per heavy atom. The molecule has 2 aromatic rings. The van der Waals surface area contributed by atoms with Crippen molar-refractivity contribution >= 4 is 17.3 Å². The van der Waals surface area contributed by atoms with Gasteiger partial charge in [0.05, 0.1) is 13.2 Å². The van der Waals surface area contributed by atoms with Gasteiger partial charge >= 0.3 is 5.97 Å². The highest BCUT2D eigenvalue weighted by Gasteiger charge is 2.13. The molecule has 4 heteroatoms. The average molecular weight is 246 g/mol. The molecule has 1 aliphatic heterocycles. The molecular weight excluding hydrogens is 236 g/mol. The molecule has 3 rings (SSSR count). The van der Waals surface area contributed by atoms with Gasteiger partial charge in [0.2, 0.25) is 0 Å². The first kappa shape index (κ1) is 10.5. The number of hydrogen-bond acceptors (Lipinski definition) is 3. The maximum absolute atomic E-state index is 10.8. The molecule has 0 aliphatic carbocycles. The standard InChI is InChI=1S/C13H10O3S/c14-13(15)12-4-3-11(17-12)8-1-2-9-6-16-7-10(9)5-8/h1-5H,6-7H2,(H,14,15). The third kappa shape index (κ3) is 1.85. The van der Waals surface area contributed by atoms with Gasteiger partial charge in [-0.05, 0) is 34.9 Å². The van der Waals surface area contributed by atoms with Crippen molar-refractivity contribution < 1.29 is 14.6 Å². The number of carbonyl (C=O) groups is 1. The minimum absolute atomic E-state index is 0.372. The van der Waals surface area contributed by atoms with Gasteiger partial charge in [0.1, 0.15) is 4.88 Å². The molecule has 0 atom stereocenters. The predicted molar refractivity (Wildman–Crippen MR) is 65.2 cm³/mol. The van der Waals surface area contributed by atoms with Crippen LogP contribution < -0.4 is 0 Å². The zero-order valence-corrected chi connectivity index (χ0v) is 9.79. The summed E-state index contributed by atoms with van der Waals surface area (Å²) in [6, 6.07) is 9.65. The van der Waals surface area contributed by atoms with E-state index in [1.54, 1.807) is 6.07 Å². The first-order chi connectivity index (χ1) is 8.24. The minimum Gasteiger partial charge on any atom is -0.477 e. The molecule has 0 saturated heterocycles. The van der Waals surface area contributed by atoms with Crippen LogP contribution in [0.25, 0.3) is 10.4 Å². The van der Waals surface area contributed by atoms with Crippen molar-refractivity contribution in [2.75, 3.05) is 0 Å². The van der Waals surface area contributed by atoms with Crippen molar-refractivity contribution in [1.29, 1.82) is 0 Å². The molecule has 0 saturated carbocycles. The lowest BCUT2D eigenvalue weighted by atomic mass is 10.1. The number of aromatic carboxylic acids is 1. The number of hydrogen-bond donors (Lipinski definition) is 1. The van der Waals surface area contributed by atoms with E-state index in [9.17, 15) is 4.79 Å². The summed E-state index contributed by atoms with van der Waals surface area (Å²) < 4.78 is 5.36. The van der Waals surface area contributed by atoms with Crippen molar-refractivity contribution in [2.24, 2.45) is 0 Å². The highest BCUT2D eigenvalue weighted by atomic mass is 32.1. The van der Waals surface area contributed by atoms with Gasteiger partial charge in [-0.1, -0.05) is 12.1 Å². The lowest BCUT2D eigenvalue weighted by Gasteiger charge is -2.00. The average Bonchev–Trinajstić information content (AvgIpc) is 2.97. The molecule has 1 aromatic carbocycles. The van der Waals surface area contributed by atoms with Crippen LogP contribution in [-0.2, 0) is 18.0 Å². The number of benzene rings is 1. The van der Waals surface area contributed by atoms with Crippen LogP contribution in [-0.4, -0.2) is 11.1 Å². The summed E-state index contributed by atoms with van der Waals surface area (Å²) in [5.41, 5.74) is 3.49. The number of rotatable bonds is 2. The number of ether oxygens (including phenoxy) is 1. The maximum Gasteiger partial charge on any atom is 0.345 e. The minimum atomic E-state index is -0.870. The molecule has 0 amide bonds. The Bertz CT molecular complexity index is 586. The van der Waals surface area contributed by atoms with Crippen LogP contribution in [0, 0.1) is 0 Å². The maximum atomic E-state index is 10.8. The summed E-state index contributed by atoms with van der Waals surface area (Å²) in [5, 5.41) is 8.89. The third-order valence-corrected chi connectivity index (χ3v) is 3.95. The molecule has 1 aliphatic rings. The van der Waals surface area contributed by atoms with E-state index in [0.29, 0.717) is 18.1 Å². The molecular formula is C13H10O3S. The van der Waals surface area contributed by atoms with E-state index in [1.807, 2.05) is 12.1 Å². The molecule has 2 heterocycles. The second-order valence-electron chi connectivity index (χ2n) is 3.95. The van der Waals surface area contributed by atoms with E-state index in [0.717, 1.165) is 10.4 Å². The van der Waals surface area contributed by atoms with Gasteiger partial charge in [0.15, 0.2) is 0 Å². The monoisotopic (exact) mass is 246 g/mol. The largest absolute Gasteiger partial charge is 0.477 e. The second kappa shape index (κ2) is 3.98. The van der Waals surface area contributed by atoms with Gasteiger partial charge in [-0.25, -0.2) is 4.79 Å². The fraction of sp³-hybridized carbons (Fsp3) is 0.154. The SMILES string of the molecule is O=C(O)c1ccc(-c2ccc3c(c2)COC3)s1. The van der Waals surface area contributed by atoms with Gasteiger partial charge in [-0.2, -0.15) is 0 Å². The van der Waals surface area contributed by atoms with Gasteiger partial charge < -0.3 is 9.84 Å². The summed E-state index contributed by atoms with van der Waals surface area (Å²) >= 11 is 1.30. The van der Waals surface area contributed by atoms with Crippen LogP contribution in [0.5, 0.6) is 0 Å². The van der Waals surface area contributed by atoms with Gasteiger partial charge in [-0.3, -0.25) is 0 Å². The normalized spacial score (nSPS) is 13.6. The Kier molecular flexibility index (Phi) is 2.46. The predicted octanol–water partition coefficient (Wildman–Crippen LogP) is 3.14. The molecule has 0 unspecified atom stereocenters. The molecule has 17 heavy (non-hydrogen) atoms. The van der Waals surface area contributed by atoms with E-state index in [2.05, 4.69) is 12.1 Å². The lowest BCUT2D eigenvalue weighted by Crippen LogP contribution is -1.89. The molecule has 0 bridgehead atoms. The van der Waals surface area contributed by atoms with Crippen molar-refractivity contribution in [1.82, 2.24) is 0 Å². The fourth-order valence-electron chi connectivity index (χ4n) is 1.93. The molecule has 0 spiro atoms. The summed E-state index contributed by atoms with van der Waals surface area (Å²) in [6.07, 6.45) is 0. The second-order valence-corrected chi connectivity index (χ2v) is 5.03. The lowest BCUT2D eigenvalue weighted by molar-refractivity contribution is 0.0702. The number of thiophene rings is 1. The molecule has 86 valence electrons. The van der Waals surface area contributed by atoms with Crippen molar-refractivity contribution in [3.8, 4) is 10.4 Å². The quantitative estimate of drug-likeness (QED) is 0.885. The smallest absolute Gasteiger partial charge is 0.345 e. The van der Waals surface area contributed by atoms with E-state index >= 15 is 0 Å². The van der Waals surface area contributed by atoms with Crippen LogP contribution in [0.3, 0.4) is 0 Å². The summed E-state index contributed by atoms with van der Waals surface area (Å²) in [6.45, 7) is 1.33. The highest BCUT2D eigenvalue weighted by Crippen LogP contribution is 2.31. The summed E-state index contributed by atoms with van der Waals surface area (Å²) in [7, 11) is 0. The fourth-order valence-corrected chi connectivity index (χ4v) is 2.77. The molecule has 0 fully saturated rings. The Hall–Kier alpha value is -1.65. The summed E-state index contributed by atoms with van der Waals surface area (Å²) in [5.74, 6) is -0.870. The Labute approximate surface area is 102 Å². The molecule has 0 radical (unpaired) electrons. The first-order valence-electron chi connectivity index (χ1n) is 5.27. The van der Waals surface area contributed by atoms with E-state index in [1.165, 1.54) is 22.5 Å². The number of carboxylic acids is 1. The Morgan fingerprint density at radius 1 is 1.18 bits per heavy atom. The van der Waals surface area contributed by atoms with Crippen LogP contribution in [0.2, 0.25) is 0 Å². The van der Waals surface area contributed by atoms with E-state index in [4.69, 9.17) is 9.84 Å². The van der Waals surface area contributed by atoms with Crippen LogP contribution in [0.15, 0.2) is 30.3 Å². The topological polar surface area (TPSA) is 46.5 Å². The first-order valence-corrected chi connectivity index (χ1v) is 6.09.